The summed E-state index contributed by atoms with van der Waals surface area (Å²) in [5, 5.41) is 8.43. The Bertz CT molecular complexity index is 591. The van der Waals surface area contributed by atoms with Crippen LogP contribution >= 0.6 is 15.9 Å². The van der Waals surface area contributed by atoms with Gasteiger partial charge in [0.05, 0.1) is 12.7 Å². The average molecular weight is 337 g/mol. The Balaban J connectivity index is 1.89. The topological polar surface area (TPSA) is 48.2 Å². The monoisotopic (exact) mass is 336 g/mol. The zero-order valence-corrected chi connectivity index (χ0v) is 13.0. The largest absolute Gasteiger partial charge is 0.497 e. The maximum absolute atomic E-state index is 5.88. The number of ether oxygens (including phenoxy) is 1. The summed E-state index contributed by atoms with van der Waals surface area (Å²) in [6.45, 7) is 0. The van der Waals surface area contributed by atoms with Gasteiger partial charge in [0.2, 0.25) is 11.8 Å². The molecule has 1 aliphatic carbocycles. The first-order valence-corrected chi connectivity index (χ1v) is 7.74. The Hall–Kier alpha value is -1.36. The number of aromatic nitrogens is 2. The molecular weight excluding hydrogens is 320 g/mol. The van der Waals surface area contributed by atoms with E-state index in [1.165, 1.54) is 19.3 Å². The minimum atomic E-state index is 0.425. The molecule has 106 valence electrons. The van der Waals surface area contributed by atoms with Gasteiger partial charge in [-0.1, -0.05) is 19.3 Å². The Kier molecular flexibility index (Phi) is 4.05. The third-order valence-corrected chi connectivity index (χ3v) is 4.49. The smallest absolute Gasteiger partial charge is 0.249 e. The summed E-state index contributed by atoms with van der Waals surface area (Å²) >= 11 is 3.52. The molecule has 3 rings (SSSR count). The van der Waals surface area contributed by atoms with Crippen LogP contribution in [0.3, 0.4) is 0 Å². The van der Waals surface area contributed by atoms with Crippen molar-refractivity contribution in [2.45, 2.75) is 38.0 Å². The molecule has 5 heteroatoms. The van der Waals surface area contributed by atoms with Gasteiger partial charge in [-0.2, -0.15) is 0 Å². The molecule has 0 bridgehead atoms. The van der Waals surface area contributed by atoms with Crippen LogP contribution in [0.25, 0.3) is 11.5 Å². The summed E-state index contributed by atoms with van der Waals surface area (Å²) in [7, 11) is 1.65. The molecule has 0 saturated heterocycles. The predicted octanol–water partition coefficient (Wildman–Crippen LogP) is 4.56. The highest BCUT2D eigenvalue weighted by Crippen LogP contribution is 2.35. The first-order chi connectivity index (χ1) is 9.78. The van der Waals surface area contributed by atoms with Crippen LogP contribution in [0.2, 0.25) is 0 Å². The lowest BCUT2D eigenvalue weighted by Crippen LogP contribution is -2.04. The number of benzene rings is 1. The van der Waals surface area contributed by atoms with Gasteiger partial charge < -0.3 is 9.15 Å². The molecular formula is C15H17BrN2O2. The van der Waals surface area contributed by atoms with Crippen LogP contribution in [0, 0.1) is 0 Å². The molecule has 20 heavy (non-hydrogen) atoms. The van der Waals surface area contributed by atoms with E-state index in [0.29, 0.717) is 11.8 Å². The van der Waals surface area contributed by atoms with E-state index < -0.39 is 0 Å². The van der Waals surface area contributed by atoms with E-state index >= 15 is 0 Å². The molecule has 1 aromatic carbocycles. The third kappa shape index (κ3) is 2.73. The maximum Gasteiger partial charge on any atom is 0.249 e. The molecule has 0 radical (unpaired) electrons. The van der Waals surface area contributed by atoms with Crippen molar-refractivity contribution in [3.05, 3.63) is 28.6 Å². The molecule has 0 atom stereocenters. The summed E-state index contributed by atoms with van der Waals surface area (Å²) < 4.78 is 12.1. The van der Waals surface area contributed by atoms with Gasteiger partial charge in [0.25, 0.3) is 0 Å². The second kappa shape index (κ2) is 5.95. The van der Waals surface area contributed by atoms with E-state index in [2.05, 4.69) is 26.1 Å². The second-order valence-electron chi connectivity index (χ2n) is 5.13. The number of methoxy groups -OCH3 is 1. The van der Waals surface area contributed by atoms with Crippen LogP contribution < -0.4 is 4.74 Å². The zero-order chi connectivity index (χ0) is 13.9. The first kappa shape index (κ1) is 13.6. The van der Waals surface area contributed by atoms with Crippen molar-refractivity contribution in [1.82, 2.24) is 10.2 Å². The van der Waals surface area contributed by atoms with E-state index in [4.69, 9.17) is 9.15 Å². The third-order valence-electron chi connectivity index (χ3n) is 3.80. The van der Waals surface area contributed by atoms with Crippen LogP contribution in [0.5, 0.6) is 5.75 Å². The lowest BCUT2D eigenvalue weighted by atomic mass is 9.89. The molecule has 1 aliphatic rings. The van der Waals surface area contributed by atoms with Gasteiger partial charge in [0.1, 0.15) is 5.75 Å². The highest BCUT2D eigenvalue weighted by Gasteiger charge is 2.22. The van der Waals surface area contributed by atoms with Crippen molar-refractivity contribution < 1.29 is 9.15 Å². The average Bonchev–Trinajstić information content (AvgIpc) is 2.98. The molecule has 1 heterocycles. The summed E-state index contributed by atoms with van der Waals surface area (Å²) in [4.78, 5) is 0. The lowest BCUT2D eigenvalue weighted by molar-refractivity contribution is 0.367. The van der Waals surface area contributed by atoms with Gasteiger partial charge in [-0.3, -0.25) is 0 Å². The van der Waals surface area contributed by atoms with Crippen LogP contribution in [0.4, 0.5) is 0 Å². The fourth-order valence-corrected chi connectivity index (χ4v) is 3.07. The minimum Gasteiger partial charge on any atom is -0.497 e. The molecule has 0 spiro atoms. The molecule has 0 N–H and O–H groups in total. The normalized spacial score (nSPS) is 16.3. The van der Waals surface area contributed by atoms with E-state index in [-0.39, 0.29) is 0 Å². The maximum atomic E-state index is 5.88. The number of hydrogen-bond donors (Lipinski definition) is 0. The fraction of sp³-hybridized carbons (Fsp3) is 0.467. The number of hydrogen-bond acceptors (Lipinski definition) is 4. The van der Waals surface area contributed by atoms with Gasteiger partial charge in [-0.05, 0) is 47.0 Å². The van der Waals surface area contributed by atoms with Gasteiger partial charge in [0, 0.05) is 10.4 Å². The van der Waals surface area contributed by atoms with Crippen molar-refractivity contribution in [3.8, 4) is 17.2 Å². The van der Waals surface area contributed by atoms with E-state index in [9.17, 15) is 0 Å². The standard InChI is InChI=1S/C15H17BrN2O2/c1-19-11-7-8-13(16)12(9-11)15-18-17-14(20-15)10-5-3-2-4-6-10/h7-10H,2-6H2,1H3. The van der Waals surface area contributed by atoms with E-state index in [0.717, 1.165) is 34.5 Å². The SMILES string of the molecule is COc1ccc(Br)c(-c2nnc(C3CCCCC3)o2)c1. The molecule has 1 aromatic heterocycles. The molecule has 0 amide bonds. The Morgan fingerprint density at radius 3 is 2.75 bits per heavy atom. The van der Waals surface area contributed by atoms with E-state index in [1.54, 1.807) is 7.11 Å². The quantitative estimate of drug-likeness (QED) is 0.824. The summed E-state index contributed by atoms with van der Waals surface area (Å²) in [6.07, 6.45) is 6.14. The van der Waals surface area contributed by atoms with Gasteiger partial charge in [-0.25, -0.2) is 0 Å². The van der Waals surface area contributed by atoms with Crippen molar-refractivity contribution in [2.24, 2.45) is 0 Å². The Morgan fingerprint density at radius 2 is 2.00 bits per heavy atom. The van der Waals surface area contributed by atoms with Crippen LogP contribution in [0.1, 0.15) is 43.9 Å². The van der Waals surface area contributed by atoms with Gasteiger partial charge in [0.15, 0.2) is 0 Å². The highest BCUT2D eigenvalue weighted by molar-refractivity contribution is 9.10. The first-order valence-electron chi connectivity index (χ1n) is 6.95. The van der Waals surface area contributed by atoms with Crippen LogP contribution in [-0.4, -0.2) is 17.3 Å². The van der Waals surface area contributed by atoms with Gasteiger partial charge >= 0.3 is 0 Å². The molecule has 0 unspecified atom stereocenters. The van der Waals surface area contributed by atoms with Crippen LogP contribution in [0.15, 0.2) is 27.1 Å². The molecule has 1 fully saturated rings. The van der Waals surface area contributed by atoms with Gasteiger partial charge in [-0.15, -0.1) is 10.2 Å². The summed E-state index contributed by atoms with van der Waals surface area (Å²) in [5.41, 5.74) is 0.874. The number of rotatable bonds is 3. The van der Waals surface area contributed by atoms with Crippen molar-refractivity contribution in [1.29, 1.82) is 0 Å². The Morgan fingerprint density at radius 1 is 1.20 bits per heavy atom. The number of nitrogens with zero attached hydrogens (tertiary/aromatic N) is 2. The highest BCUT2D eigenvalue weighted by atomic mass is 79.9. The van der Waals surface area contributed by atoms with Crippen molar-refractivity contribution in [2.75, 3.05) is 7.11 Å². The lowest BCUT2D eigenvalue weighted by Gasteiger charge is -2.17. The molecule has 1 saturated carbocycles. The van der Waals surface area contributed by atoms with Crippen molar-refractivity contribution >= 4 is 15.9 Å². The van der Waals surface area contributed by atoms with E-state index in [1.807, 2.05) is 18.2 Å². The Labute approximate surface area is 126 Å². The zero-order valence-electron chi connectivity index (χ0n) is 11.4. The van der Waals surface area contributed by atoms with Crippen LogP contribution in [-0.2, 0) is 0 Å². The molecule has 0 aliphatic heterocycles. The molecule has 2 aromatic rings. The second-order valence-corrected chi connectivity index (χ2v) is 5.98. The number of halogens is 1. The van der Waals surface area contributed by atoms with Crippen molar-refractivity contribution in [3.63, 3.8) is 0 Å². The predicted molar refractivity (Wildman–Crippen MR) is 79.8 cm³/mol. The molecule has 4 nitrogen and oxygen atoms in total. The summed E-state index contributed by atoms with van der Waals surface area (Å²) in [5.74, 6) is 2.53. The fourth-order valence-electron chi connectivity index (χ4n) is 2.65. The minimum absolute atomic E-state index is 0.425. The summed E-state index contributed by atoms with van der Waals surface area (Å²) in [6, 6.07) is 5.73.